The first-order chi connectivity index (χ1) is 21.7. The van der Waals surface area contributed by atoms with E-state index in [-0.39, 0.29) is 31.8 Å². The largest absolute Gasteiger partial charge is 0.346 e. The zero-order valence-electron chi connectivity index (χ0n) is 30.1. The molecule has 1 aliphatic carbocycles. The highest BCUT2D eigenvalue weighted by Crippen LogP contribution is 2.33. The lowest BCUT2D eigenvalue weighted by Crippen LogP contribution is -2.63. The zero-order valence-corrected chi connectivity index (χ0v) is 30.9. The van der Waals surface area contributed by atoms with Crippen LogP contribution in [0.1, 0.15) is 120 Å². The summed E-state index contributed by atoms with van der Waals surface area (Å²) < 4.78 is 25.5. The summed E-state index contributed by atoms with van der Waals surface area (Å²) in [6.07, 6.45) is 7.93. The molecule has 1 fully saturated rings. The Kier molecular flexibility index (Phi) is 16.6. The molecule has 0 heterocycles. The average molecular weight is 684 g/mol. The minimum Gasteiger partial charge on any atom is -0.346 e. The maximum absolute atomic E-state index is 14.1. The van der Waals surface area contributed by atoms with E-state index in [4.69, 9.17) is 0 Å². The highest BCUT2D eigenvalue weighted by atomic mass is 32.2. The van der Waals surface area contributed by atoms with Gasteiger partial charge in [-0.25, -0.2) is 13.2 Å². The van der Waals surface area contributed by atoms with Crippen molar-refractivity contribution in [2.45, 2.75) is 142 Å². The molecule has 0 spiro atoms. The predicted octanol–water partition coefficient (Wildman–Crippen LogP) is 3.79. The molecule has 0 saturated heterocycles. The standard InChI is InChI=1S/C34H61N5O7S/c1-10-13-18-25(27(41)29(42)35-21-12-3)36-26(40)23-39(22-14-11-2)30(43)28(32(4,5)6)37-31(44)38-34(19-16-15-17-20-34)24-47(45,46)33(7,8)9/h12,25,28H,3,10-11,13-24H2,1-2,4-9H3,(H,35,42)(H,36,40)(H2,37,38,44)/t25?,28-/m1/s1. The van der Waals surface area contributed by atoms with Gasteiger partial charge in [-0.2, -0.15) is 0 Å². The van der Waals surface area contributed by atoms with Crippen LogP contribution in [-0.4, -0.2) is 90.6 Å². The van der Waals surface area contributed by atoms with Crippen molar-refractivity contribution in [2.75, 3.05) is 25.4 Å². The summed E-state index contributed by atoms with van der Waals surface area (Å²) in [4.78, 5) is 67.5. The van der Waals surface area contributed by atoms with Crippen LogP contribution in [0, 0.1) is 5.41 Å². The number of unbranched alkanes of at least 4 members (excludes halogenated alkanes) is 2. The Morgan fingerprint density at radius 1 is 0.915 bits per heavy atom. The van der Waals surface area contributed by atoms with Crippen LogP contribution in [0.3, 0.4) is 0 Å². The van der Waals surface area contributed by atoms with Crippen molar-refractivity contribution < 1.29 is 32.4 Å². The van der Waals surface area contributed by atoms with E-state index >= 15 is 0 Å². The van der Waals surface area contributed by atoms with Gasteiger partial charge >= 0.3 is 6.03 Å². The maximum Gasteiger partial charge on any atom is 0.315 e. The first kappa shape index (κ1) is 42.1. The van der Waals surface area contributed by atoms with Crippen LogP contribution in [0.15, 0.2) is 12.7 Å². The van der Waals surface area contributed by atoms with Gasteiger partial charge in [0.15, 0.2) is 9.84 Å². The van der Waals surface area contributed by atoms with Gasteiger partial charge in [0, 0.05) is 13.1 Å². The quantitative estimate of drug-likeness (QED) is 0.126. The number of hydrogen-bond acceptors (Lipinski definition) is 7. The fraction of sp³-hybridized carbons (Fsp3) is 0.794. The van der Waals surface area contributed by atoms with Crippen molar-refractivity contribution in [1.29, 1.82) is 0 Å². The third kappa shape index (κ3) is 13.6. The number of urea groups is 1. The molecule has 1 aliphatic rings. The second kappa shape index (κ2) is 18.5. The van der Waals surface area contributed by atoms with Gasteiger partial charge in [0.2, 0.25) is 17.6 Å². The molecular weight excluding hydrogens is 622 g/mol. The number of amides is 5. The number of hydrogen-bond donors (Lipinski definition) is 4. The highest BCUT2D eigenvalue weighted by molar-refractivity contribution is 7.92. The van der Waals surface area contributed by atoms with Crippen LogP contribution in [0.4, 0.5) is 4.79 Å². The average Bonchev–Trinajstić information content (AvgIpc) is 2.97. The van der Waals surface area contributed by atoms with Crippen LogP contribution in [0.25, 0.3) is 0 Å². The monoisotopic (exact) mass is 683 g/mol. The molecule has 13 heteroatoms. The van der Waals surface area contributed by atoms with Crippen LogP contribution in [0.2, 0.25) is 0 Å². The second-order valence-electron chi connectivity index (χ2n) is 14.8. The minimum absolute atomic E-state index is 0.112. The van der Waals surface area contributed by atoms with Crippen molar-refractivity contribution >= 4 is 39.4 Å². The first-order valence-electron chi connectivity index (χ1n) is 17.1. The Morgan fingerprint density at radius 3 is 2.02 bits per heavy atom. The van der Waals surface area contributed by atoms with Crippen LogP contribution >= 0.6 is 0 Å². The summed E-state index contributed by atoms with van der Waals surface area (Å²) in [7, 11) is -3.56. The molecule has 5 amide bonds. The number of carbonyl (C=O) groups is 5. The van der Waals surface area contributed by atoms with Gasteiger partial charge in [0.1, 0.15) is 6.04 Å². The number of Topliss-reactive ketones (excluding diaryl/α,β-unsaturated/α-hetero) is 1. The summed E-state index contributed by atoms with van der Waals surface area (Å²) >= 11 is 0. The lowest BCUT2D eigenvalue weighted by molar-refractivity contribution is -0.142. The van der Waals surface area contributed by atoms with E-state index in [9.17, 15) is 32.4 Å². The van der Waals surface area contributed by atoms with E-state index < -0.39 is 67.2 Å². The topological polar surface area (TPSA) is 171 Å². The molecule has 0 aromatic carbocycles. The van der Waals surface area contributed by atoms with Gasteiger partial charge in [-0.1, -0.05) is 79.2 Å². The molecule has 0 aromatic heterocycles. The van der Waals surface area contributed by atoms with E-state index in [1.807, 2.05) is 13.8 Å². The van der Waals surface area contributed by atoms with Crippen molar-refractivity contribution in [3.63, 3.8) is 0 Å². The van der Waals surface area contributed by atoms with Crippen molar-refractivity contribution in [3.8, 4) is 0 Å². The molecule has 1 saturated carbocycles. The smallest absolute Gasteiger partial charge is 0.315 e. The number of rotatable bonds is 18. The van der Waals surface area contributed by atoms with Crippen LogP contribution < -0.4 is 21.3 Å². The zero-order chi connectivity index (χ0) is 36.1. The number of ketones is 1. The van der Waals surface area contributed by atoms with Gasteiger partial charge in [0.05, 0.1) is 28.6 Å². The molecule has 0 aromatic rings. The van der Waals surface area contributed by atoms with E-state index in [1.54, 1.807) is 41.5 Å². The van der Waals surface area contributed by atoms with E-state index in [0.29, 0.717) is 25.7 Å². The highest BCUT2D eigenvalue weighted by Gasteiger charge is 2.44. The molecule has 0 aliphatic heterocycles. The number of sulfone groups is 1. The molecule has 2 atom stereocenters. The number of carbonyl (C=O) groups excluding carboxylic acids is 5. The Labute approximate surface area is 282 Å². The molecule has 12 nitrogen and oxygen atoms in total. The Morgan fingerprint density at radius 2 is 1.51 bits per heavy atom. The molecule has 4 N–H and O–H groups in total. The lowest BCUT2D eigenvalue weighted by atomic mass is 9.83. The second-order valence-corrected chi connectivity index (χ2v) is 17.6. The Hall–Kier alpha value is -2.96. The van der Waals surface area contributed by atoms with Crippen molar-refractivity contribution in [1.82, 2.24) is 26.2 Å². The van der Waals surface area contributed by atoms with Gasteiger partial charge in [-0.3, -0.25) is 19.2 Å². The first-order valence-corrected chi connectivity index (χ1v) is 18.7. The lowest BCUT2D eigenvalue weighted by Gasteiger charge is -2.41. The fourth-order valence-electron chi connectivity index (χ4n) is 5.47. The van der Waals surface area contributed by atoms with Crippen LogP contribution in [-0.2, 0) is 29.0 Å². The Balaban J connectivity index is 3.24. The van der Waals surface area contributed by atoms with Crippen molar-refractivity contribution in [3.05, 3.63) is 12.7 Å². The van der Waals surface area contributed by atoms with E-state index in [1.165, 1.54) is 11.0 Å². The van der Waals surface area contributed by atoms with Gasteiger partial charge in [-0.05, 0) is 51.9 Å². The molecule has 1 rings (SSSR count). The predicted molar refractivity (Wildman–Crippen MR) is 185 cm³/mol. The summed E-state index contributed by atoms with van der Waals surface area (Å²) in [6.45, 7) is 17.7. The number of nitrogens with one attached hydrogen (secondary N) is 4. The maximum atomic E-state index is 14.1. The summed E-state index contributed by atoms with van der Waals surface area (Å²) in [5, 5.41) is 10.9. The fourth-order valence-corrected chi connectivity index (χ4v) is 6.99. The molecule has 0 bridgehead atoms. The van der Waals surface area contributed by atoms with E-state index in [2.05, 4.69) is 27.8 Å². The van der Waals surface area contributed by atoms with E-state index in [0.717, 1.165) is 32.1 Å². The molecular formula is C34H61N5O7S. The van der Waals surface area contributed by atoms with Gasteiger partial charge in [0.25, 0.3) is 5.91 Å². The Bertz CT molecular complexity index is 1200. The number of nitrogens with zero attached hydrogens (tertiary/aromatic N) is 1. The van der Waals surface area contributed by atoms with Crippen molar-refractivity contribution in [2.24, 2.45) is 5.41 Å². The normalized spacial score (nSPS) is 16.3. The summed E-state index contributed by atoms with van der Waals surface area (Å²) in [5.41, 5.74) is -1.73. The SMILES string of the molecule is C=CCNC(=O)C(=O)C(CCCC)NC(=O)CN(CCCC)C(=O)[C@@H](NC(=O)NC1(CS(=O)(=O)C(C)(C)C)CCCCC1)C(C)(C)C. The third-order valence-electron chi connectivity index (χ3n) is 8.53. The van der Waals surface area contributed by atoms with Gasteiger partial charge in [-0.15, -0.1) is 6.58 Å². The molecule has 0 radical (unpaired) electrons. The minimum atomic E-state index is -3.56. The summed E-state index contributed by atoms with van der Waals surface area (Å²) in [6, 6.07) is -2.73. The molecule has 270 valence electrons. The van der Waals surface area contributed by atoms with Crippen LogP contribution in [0.5, 0.6) is 0 Å². The molecule has 1 unspecified atom stereocenters. The molecule has 47 heavy (non-hydrogen) atoms. The summed E-state index contributed by atoms with van der Waals surface area (Å²) in [5.74, 6) is -2.85. The third-order valence-corrected chi connectivity index (χ3v) is 11.3. The van der Waals surface area contributed by atoms with Gasteiger partial charge < -0.3 is 26.2 Å².